The maximum atomic E-state index is 13.1. The Hall–Kier alpha value is -2.75. The molecule has 1 aliphatic carbocycles. The van der Waals surface area contributed by atoms with E-state index in [1.165, 1.54) is 35.1 Å². The Morgan fingerprint density at radius 3 is 2.09 bits per heavy atom. The summed E-state index contributed by atoms with van der Waals surface area (Å²) in [6.45, 7) is 0. The number of likely N-dealkylation sites (N-methyl/N-ethyl adjacent to an activating group) is 1. The summed E-state index contributed by atoms with van der Waals surface area (Å²) in [6.07, 6.45) is 8.69. The van der Waals surface area contributed by atoms with Gasteiger partial charge in [0.25, 0.3) is 5.79 Å². The quantitative estimate of drug-likeness (QED) is 0.120. The first kappa shape index (κ1) is 38.5. The third-order valence-corrected chi connectivity index (χ3v) is 13.8. The van der Waals surface area contributed by atoms with Crippen molar-refractivity contribution in [2.45, 2.75) is 86.7 Å². The number of nitrogens with zero attached hydrogens (tertiary/aromatic N) is 2. The van der Waals surface area contributed by atoms with E-state index in [2.05, 4.69) is 19.1 Å². The molecule has 1 saturated carbocycles. The van der Waals surface area contributed by atoms with Crippen LogP contribution in [-0.4, -0.2) is 83.7 Å². The monoisotopic (exact) mass is 864 g/mol. The van der Waals surface area contributed by atoms with Crippen LogP contribution < -0.4 is 31.2 Å². The number of thiophene rings is 2. The van der Waals surface area contributed by atoms with Crippen LogP contribution in [0.1, 0.15) is 64.2 Å². The topological polar surface area (TPSA) is 117 Å². The number of epoxide rings is 1. The highest BCUT2D eigenvalue weighted by atomic mass is 79.9. The zero-order valence-electron chi connectivity index (χ0n) is 29.3. The Kier molecular flexibility index (Phi) is 10.7. The number of fused-ring (bicyclic) bond motifs is 6. The molecule has 7 heterocycles. The van der Waals surface area contributed by atoms with Crippen molar-refractivity contribution in [3.05, 3.63) is 90.5 Å². The number of quaternary nitrogens is 1. The summed E-state index contributed by atoms with van der Waals surface area (Å²) in [5.74, 6) is 0.0916. The molecule has 53 heavy (non-hydrogen) atoms. The number of hydrogen-bond donors (Lipinski definition) is 1. The van der Waals surface area contributed by atoms with E-state index in [1.54, 1.807) is 31.4 Å². The molecule has 2 bridgehead atoms. The van der Waals surface area contributed by atoms with Crippen molar-refractivity contribution >= 4 is 57.6 Å². The molecular formula is C38H39BrCl2N2O8S2. The average Bonchev–Trinajstić information content (AvgIpc) is 3.71. The van der Waals surface area contributed by atoms with Crippen molar-refractivity contribution in [3.8, 4) is 17.2 Å². The fraction of sp³-hybridized carbons (Fsp3) is 0.447. The van der Waals surface area contributed by atoms with Gasteiger partial charge in [-0.3, -0.25) is 9.78 Å². The summed E-state index contributed by atoms with van der Waals surface area (Å²) in [6, 6.07) is 11.4. The third kappa shape index (κ3) is 6.79. The van der Waals surface area contributed by atoms with Gasteiger partial charge in [0.1, 0.15) is 30.4 Å². The van der Waals surface area contributed by atoms with Gasteiger partial charge in [-0.1, -0.05) is 35.3 Å². The minimum absolute atomic E-state index is 0. The number of halogens is 3. The van der Waals surface area contributed by atoms with Gasteiger partial charge in [0.15, 0.2) is 17.3 Å². The highest BCUT2D eigenvalue weighted by Crippen LogP contribution is 2.54. The molecule has 282 valence electrons. The van der Waals surface area contributed by atoms with E-state index in [9.17, 15) is 14.7 Å². The van der Waals surface area contributed by atoms with Crippen molar-refractivity contribution < 1.29 is 59.8 Å². The molecule has 0 radical (unpaired) electrons. The van der Waals surface area contributed by atoms with Gasteiger partial charge in [-0.2, -0.15) is 0 Å². The highest BCUT2D eigenvalue weighted by Gasteiger charge is 2.71. The molecule has 4 fully saturated rings. The van der Waals surface area contributed by atoms with E-state index in [4.69, 9.17) is 46.9 Å². The number of esters is 1. The number of carbonyl (C=O) groups excluding carboxylic acids is 2. The molecule has 15 heteroatoms. The van der Waals surface area contributed by atoms with Gasteiger partial charge < -0.3 is 50.3 Å². The van der Waals surface area contributed by atoms with Gasteiger partial charge in [-0.05, 0) is 47.9 Å². The third-order valence-electron chi connectivity index (χ3n) is 11.2. The lowest BCUT2D eigenvalue weighted by atomic mass is 9.95. The molecule has 0 amide bonds. The zero-order valence-corrected chi connectivity index (χ0v) is 34.0. The number of aliphatic hydroxyl groups is 1. The number of Topliss-reactive ketones (excluding diaryl/α,β-unsaturated/α-hetero) is 1. The molecule has 4 aliphatic heterocycles. The number of benzene rings is 1. The highest BCUT2D eigenvalue weighted by molar-refractivity contribution is 7.12. The number of carbonyl (C=O) groups is 2. The van der Waals surface area contributed by atoms with Crippen LogP contribution >= 0.6 is 45.9 Å². The smallest absolute Gasteiger partial charge is 0.349 e. The van der Waals surface area contributed by atoms with Crippen LogP contribution in [-0.2, 0) is 26.3 Å². The second kappa shape index (κ2) is 14.7. The fourth-order valence-corrected chi connectivity index (χ4v) is 10.5. The lowest BCUT2D eigenvalue weighted by Crippen LogP contribution is -3.00. The number of morpholine rings is 1. The van der Waals surface area contributed by atoms with Crippen LogP contribution in [0, 0.1) is 0 Å². The Morgan fingerprint density at radius 1 is 0.962 bits per heavy atom. The van der Waals surface area contributed by atoms with Crippen LogP contribution in [0.2, 0.25) is 10.0 Å². The van der Waals surface area contributed by atoms with Crippen LogP contribution in [0.15, 0.2) is 59.6 Å². The Labute approximate surface area is 336 Å². The number of aromatic nitrogens is 1. The summed E-state index contributed by atoms with van der Waals surface area (Å²) in [5.41, 5.74) is -0.733. The van der Waals surface area contributed by atoms with E-state index >= 15 is 0 Å². The fourth-order valence-electron chi connectivity index (χ4n) is 8.33. The van der Waals surface area contributed by atoms with Gasteiger partial charge in [0.2, 0.25) is 11.4 Å². The number of hydrogen-bond acceptors (Lipinski definition) is 11. The van der Waals surface area contributed by atoms with Crippen molar-refractivity contribution in [2.24, 2.45) is 0 Å². The Balaban J connectivity index is 0.000000161. The SMILES string of the molecule is COc1ccc(C(=O)Cc2c(Cl)cncc2Cl)c2c1OC1(CCCC1)O2.C[N+]1(C)[C@@H]2CC(OC(=O)C(O)(c3cccs3)c3cccs3)C[C@H]1[C@@H]1O[C@@H]12.[Br-]. The van der Waals surface area contributed by atoms with Gasteiger partial charge in [-0.15, -0.1) is 22.7 Å². The largest absolute Gasteiger partial charge is 1.00 e. The van der Waals surface area contributed by atoms with Crippen molar-refractivity contribution in [3.63, 3.8) is 0 Å². The van der Waals surface area contributed by atoms with Crippen LogP contribution in [0.25, 0.3) is 0 Å². The standard InChI is InChI=1S/C19H17Cl2NO4.C19H22NO4S2.BrH/c1-24-16-5-4-11(15(23)8-12-13(20)9-22-10-14(12)21)17-18(16)26-19(25-17)6-2-3-7-19;1-20(2)12-9-11(10-13(20)17-16(12)24-17)23-18(21)19(22,14-5-3-7-25-14)15-6-4-8-26-15;/h4-5,9-10H,2-3,6-8H2,1H3;3-8,11-13,16-17,22H,9-10H2,1-2H3;1H/q;+1;/p-1/t;11?,12-,13+,16-,17+;. The number of ether oxygens (including phenoxy) is 5. The zero-order chi connectivity index (χ0) is 36.4. The number of ketones is 1. The predicted molar refractivity (Wildman–Crippen MR) is 197 cm³/mol. The maximum Gasteiger partial charge on any atom is 0.349 e. The lowest BCUT2D eigenvalue weighted by Gasteiger charge is -2.45. The maximum absolute atomic E-state index is 13.1. The van der Waals surface area contributed by atoms with E-state index in [0.717, 1.165) is 43.0 Å². The molecule has 1 unspecified atom stereocenters. The molecule has 3 aromatic heterocycles. The lowest BCUT2D eigenvalue weighted by molar-refractivity contribution is -0.938. The molecule has 9 rings (SSSR count). The molecule has 5 atom stereocenters. The predicted octanol–water partition coefficient (Wildman–Crippen LogP) is 4.21. The number of methoxy groups -OCH3 is 1. The summed E-state index contributed by atoms with van der Waals surface area (Å²) in [4.78, 5) is 31.2. The second-order valence-electron chi connectivity index (χ2n) is 14.5. The second-order valence-corrected chi connectivity index (χ2v) is 17.2. The number of piperidine rings is 1. The van der Waals surface area contributed by atoms with E-state index in [-0.39, 0.29) is 35.3 Å². The molecule has 1 aromatic carbocycles. The molecule has 1 spiro atoms. The van der Waals surface area contributed by atoms with Gasteiger partial charge in [0, 0.05) is 50.1 Å². The van der Waals surface area contributed by atoms with Gasteiger partial charge >= 0.3 is 5.97 Å². The van der Waals surface area contributed by atoms with Crippen LogP contribution in [0.3, 0.4) is 0 Å². The number of pyridine rings is 1. The van der Waals surface area contributed by atoms with Crippen molar-refractivity contribution in [1.29, 1.82) is 0 Å². The minimum atomic E-state index is -1.72. The Bertz CT molecular complexity index is 1910. The minimum Gasteiger partial charge on any atom is -1.00 e. The Morgan fingerprint density at radius 2 is 1.55 bits per heavy atom. The van der Waals surface area contributed by atoms with E-state index in [0.29, 0.717) is 72.5 Å². The summed E-state index contributed by atoms with van der Waals surface area (Å²) in [7, 11) is 6.06. The summed E-state index contributed by atoms with van der Waals surface area (Å²) in [5, 5.41) is 15.8. The molecular weight excluding hydrogens is 827 g/mol. The molecule has 4 aromatic rings. The summed E-state index contributed by atoms with van der Waals surface area (Å²) < 4.78 is 30.3. The molecule has 1 N–H and O–H groups in total. The van der Waals surface area contributed by atoms with Crippen molar-refractivity contribution in [1.82, 2.24) is 4.98 Å². The molecule has 10 nitrogen and oxygen atoms in total. The van der Waals surface area contributed by atoms with E-state index in [1.807, 2.05) is 22.9 Å². The first-order valence-corrected chi connectivity index (χ1v) is 19.9. The average molecular weight is 867 g/mol. The van der Waals surface area contributed by atoms with Crippen molar-refractivity contribution in [2.75, 3.05) is 21.2 Å². The normalized spacial score (nSPS) is 25.1. The number of rotatable bonds is 8. The summed E-state index contributed by atoms with van der Waals surface area (Å²) >= 11 is 15.0. The van der Waals surface area contributed by atoms with Crippen LogP contribution in [0.4, 0.5) is 0 Å². The van der Waals surface area contributed by atoms with E-state index < -0.39 is 17.4 Å². The molecule has 3 saturated heterocycles. The van der Waals surface area contributed by atoms with Gasteiger partial charge in [0.05, 0.1) is 46.6 Å². The molecule has 5 aliphatic rings. The first-order valence-electron chi connectivity index (χ1n) is 17.4. The first-order chi connectivity index (χ1) is 24.9. The van der Waals surface area contributed by atoms with Gasteiger partial charge in [-0.25, -0.2) is 4.79 Å². The van der Waals surface area contributed by atoms with Crippen LogP contribution in [0.5, 0.6) is 17.2 Å².